The molecule has 4 aromatic rings. The minimum atomic E-state index is -0.363. The van der Waals surface area contributed by atoms with Gasteiger partial charge in [-0.1, -0.05) is 22.9 Å². The molecule has 0 spiro atoms. The molecule has 0 saturated carbocycles. The second-order valence-electron chi connectivity index (χ2n) is 8.33. The molecule has 0 unspecified atom stereocenters. The average Bonchev–Trinajstić information content (AvgIpc) is 3.48. The Kier molecular flexibility index (Phi) is 6.46. The van der Waals surface area contributed by atoms with Crippen LogP contribution in [0, 0.1) is 13.8 Å². The molecular formula is C25H22ClN5O4S. The molecule has 0 bridgehead atoms. The van der Waals surface area contributed by atoms with Crippen molar-refractivity contribution in [3.63, 3.8) is 0 Å². The van der Waals surface area contributed by atoms with E-state index in [1.165, 1.54) is 37.1 Å². The molecule has 2 amide bonds. The standard InChI is InChI=1S/C25H22ClN5O4S/c1-13-5-7-35-22(13)24(33)31-6-4-18-20(12-31)36-25(29-18)30-23(32)17-10-27-14(2)8-15(17)16-9-21(26)28-11-19(16)34-3/h5,7-11H,4,6,12H2,1-3H3,(H,29,30,32). The van der Waals surface area contributed by atoms with E-state index < -0.39 is 0 Å². The number of methoxy groups -OCH3 is 1. The summed E-state index contributed by atoms with van der Waals surface area (Å²) < 4.78 is 10.8. The van der Waals surface area contributed by atoms with Crippen molar-refractivity contribution in [3.8, 4) is 16.9 Å². The normalized spacial score (nSPS) is 12.8. The number of nitrogens with one attached hydrogen (secondary N) is 1. The Hall–Kier alpha value is -3.76. The number of anilines is 1. The first-order valence-corrected chi connectivity index (χ1v) is 12.3. The highest BCUT2D eigenvalue weighted by Crippen LogP contribution is 2.35. The largest absolute Gasteiger partial charge is 0.494 e. The number of nitrogens with zero attached hydrogens (tertiary/aromatic N) is 4. The van der Waals surface area contributed by atoms with E-state index in [-0.39, 0.29) is 17.0 Å². The van der Waals surface area contributed by atoms with E-state index in [2.05, 4.69) is 20.3 Å². The summed E-state index contributed by atoms with van der Waals surface area (Å²) in [4.78, 5) is 41.8. The SMILES string of the molecule is COc1cnc(Cl)cc1-c1cc(C)ncc1C(=O)Nc1nc2c(s1)CN(C(=O)c1occc1C)CC2. The zero-order valence-electron chi connectivity index (χ0n) is 19.8. The molecule has 5 heterocycles. The van der Waals surface area contributed by atoms with E-state index >= 15 is 0 Å². The maximum absolute atomic E-state index is 13.3. The van der Waals surface area contributed by atoms with Crippen molar-refractivity contribution in [2.75, 3.05) is 19.0 Å². The summed E-state index contributed by atoms with van der Waals surface area (Å²) in [7, 11) is 1.53. The molecule has 1 aliphatic rings. The minimum Gasteiger partial charge on any atom is -0.494 e. The third kappa shape index (κ3) is 4.57. The number of hydrogen-bond donors (Lipinski definition) is 1. The first kappa shape index (κ1) is 24.0. The second-order valence-corrected chi connectivity index (χ2v) is 9.80. The van der Waals surface area contributed by atoms with Gasteiger partial charge in [-0.2, -0.15) is 0 Å². The molecule has 184 valence electrons. The van der Waals surface area contributed by atoms with Gasteiger partial charge in [-0.3, -0.25) is 19.9 Å². The van der Waals surface area contributed by atoms with Gasteiger partial charge in [0.25, 0.3) is 11.8 Å². The number of carbonyl (C=O) groups excluding carboxylic acids is 2. The van der Waals surface area contributed by atoms with Gasteiger partial charge in [0.1, 0.15) is 10.9 Å². The molecule has 0 aliphatic carbocycles. The molecule has 0 fully saturated rings. The molecule has 4 aromatic heterocycles. The fourth-order valence-electron chi connectivity index (χ4n) is 4.08. The zero-order chi connectivity index (χ0) is 25.4. The van der Waals surface area contributed by atoms with Crippen LogP contribution in [0.25, 0.3) is 11.1 Å². The van der Waals surface area contributed by atoms with Crippen LogP contribution in [0.2, 0.25) is 5.15 Å². The third-order valence-electron chi connectivity index (χ3n) is 5.92. The summed E-state index contributed by atoms with van der Waals surface area (Å²) in [6.45, 7) is 4.62. The summed E-state index contributed by atoms with van der Waals surface area (Å²) in [6, 6.07) is 5.23. The lowest BCUT2D eigenvalue weighted by molar-refractivity contribution is 0.0702. The van der Waals surface area contributed by atoms with Gasteiger partial charge in [-0.25, -0.2) is 9.97 Å². The Labute approximate surface area is 216 Å². The van der Waals surface area contributed by atoms with Crippen molar-refractivity contribution in [2.45, 2.75) is 26.8 Å². The number of ether oxygens (including phenoxy) is 1. The fraction of sp³-hybridized carbons (Fsp3) is 0.240. The van der Waals surface area contributed by atoms with E-state index in [9.17, 15) is 9.59 Å². The van der Waals surface area contributed by atoms with Crippen LogP contribution in [0.1, 0.15) is 42.7 Å². The second kappa shape index (κ2) is 9.71. The van der Waals surface area contributed by atoms with E-state index in [1.807, 2.05) is 13.8 Å². The van der Waals surface area contributed by atoms with Gasteiger partial charge in [0.2, 0.25) is 0 Å². The first-order valence-electron chi connectivity index (χ1n) is 11.1. The number of hydrogen-bond acceptors (Lipinski definition) is 8. The molecule has 0 aromatic carbocycles. The number of fused-ring (bicyclic) bond motifs is 1. The van der Waals surface area contributed by atoms with Gasteiger partial charge in [-0.05, 0) is 32.0 Å². The minimum absolute atomic E-state index is 0.150. The summed E-state index contributed by atoms with van der Waals surface area (Å²) in [5, 5.41) is 3.63. The van der Waals surface area contributed by atoms with E-state index in [0.29, 0.717) is 52.8 Å². The summed E-state index contributed by atoms with van der Waals surface area (Å²) in [5.41, 5.74) is 4.01. The lowest BCUT2D eigenvalue weighted by atomic mass is 10.0. The number of thiazole rings is 1. The van der Waals surface area contributed by atoms with Gasteiger partial charge in [-0.15, -0.1) is 0 Å². The maximum atomic E-state index is 13.3. The Balaban J connectivity index is 1.39. The lowest BCUT2D eigenvalue weighted by Crippen LogP contribution is -2.35. The topological polar surface area (TPSA) is 110 Å². The quantitative estimate of drug-likeness (QED) is 0.369. The van der Waals surface area contributed by atoms with Gasteiger partial charge < -0.3 is 14.1 Å². The monoisotopic (exact) mass is 523 g/mol. The molecule has 5 rings (SSSR count). The van der Waals surface area contributed by atoms with Crippen LogP contribution >= 0.6 is 22.9 Å². The van der Waals surface area contributed by atoms with Gasteiger partial charge in [0, 0.05) is 46.4 Å². The zero-order valence-corrected chi connectivity index (χ0v) is 21.4. The number of carbonyl (C=O) groups is 2. The van der Waals surface area contributed by atoms with Crippen molar-refractivity contribution in [1.82, 2.24) is 19.9 Å². The van der Waals surface area contributed by atoms with Crippen LogP contribution in [0.3, 0.4) is 0 Å². The third-order valence-corrected chi connectivity index (χ3v) is 7.13. The molecule has 1 aliphatic heterocycles. The molecule has 9 nitrogen and oxygen atoms in total. The van der Waals surface area contributed by atoms with Gasteiger partial charge >= 0.3 is 0 Å². The Bertz CT molecular complexity index is 1480. The number of aromatic nitrogens is 3. The van der Waals surface area contributed by atoms with Crippen molar-refractivity contribution >= 4 is 39.9 Å². The van der Waals surface area contributed by atoms with Gasteiger partial charge in [0.05, 0.1) is 37.4 Å². The van der Waals surface area contributed by atoms with Crippen molar-refractivity contribution in [1.29, 1.82) is 0 Å². The number of furan rings is 1. The van der Waals surface area contributed by atoms with Crippen LogP contribution in [-0.2, 0) is 13.0 Å². The summed E-state index contributed by atoms with van der Waals surface area (Å²) >= 11 is 7.49. The molecule has 11 heteroatoms. The van der Waals surface area contributed by atoms with Crippen LogP contribution in [0.15, 0.2) is 41.3 Å². The fourth-order valence-corrected chi connectivity index (χ4v) is 5.25. The average molecular weight is 524 g/mol. The van der Waals surface area contributed by atoms with E-state index in [4.69, 9.17) is 20.8 Å². The Morgan fingerprint density at radius 2 is 2.03 bits per heavy atom. The molecule has 0 radical (unpaired) electrons. The van der Waals surface area contributed by atoms with Crippen LogP contribution in [0.5, 0.6) is 5.75 Å². The number of halogens is 1. The lowest BCUT2D eigenvalue weighted by Gasteiger charge is -2.25. The van der Waals surface area contributed by atoms with Crippen LogP contribution in [-0.4, -0.2) is 45.3 Å². The highest BCUT2D eigenvalue weighted by molar-refractivity contribution is 7.15. The highest BCUT2D eigenvalue weighted by Gasteiger charge is 2.28. The molecular weight excluding hydrogens is 502 g/mol. The number of amides is 2. The van der Waals surface area contributed by atoms with Crippen molar-refractivity contribution < 1.29 is 18.7 Å². The number of rotatable bonds is 5. The summed E-state index contributed by atoms with van der Waals surface area (Å²) in [6.07, 6.45) is 5.15. The molecule has 0 saturated heterocycles. The molecule has 1 N–H and O–H groups in total. The predicted molar refractivity (Wildman–Crippen MR) is 136 cm³/mol. The smallest absolute Gasteiger partial charge is 0.290 e. The maximum Gasteiger partial charge on any atom is 0.290 e. The predicted octanol–water partition coefficient (Wildman–Crippen LogP) is 4.92. The van der Waals surface area contributed by atoms with Crippen LogP contribution in [0.4, 0.5) is 5.13 Å². The van der Waals surface area contributed by atoms with Crippen molar-refractivity contribution in [3.05, 3.63) is 75.2 Å². The number of pyridine rings is 2. The Morgan fingerprint density at radius 1 is 1.19 bits per heavy atom. The molecule has 0 atom stereocenters. The summed E-state index contributed by atoms with van der Waals surface area (Å²) in [5.74, 6) is 0.322. The van der Waals surface area contributed by atoms with Gasteiger partial charge in [0.15, 0.2) is 10.9 Å². The van der Waals surface area contributed by atoms with E-state index in [1.54, 1.807) is 23.1 Å². The first-order chi connectivity index (χ1) is 17.3. The molecule has 36 heavy (non-hydrogen) atoms. The highest BCUT2D eigenvalue weighted by atomic mass is 35.5. The van der Waals surface area contributed by atoms with Crippen LogP contribution < -0.4 is 10.1 Å². The number of aryl methyl sites for hydroxylation is 2. The van der Waals surface area contributed by atoms with Crippen molar-refractivity contribution in [2.24, 2.45) is 0 Å². The Morgan fingerprint density at radius 3 is 2.78 bits per heavy atom. The van der Waals surface area contributed by atoms with E-state index in [0.717, 1.165) is 21.8 Å².